The van der Waals surface area contributed by atoms with Gasteiger partial charge in [0.25, 0.3) is 0 Å². The maximum absolute atomic E-state index is 12.1. The Hall–Kier alpha value is -2.08. The van der Waals surface area contributed by atoms with Crippen LogP contribution in [0.3, 0.4) is 0 Å². The number of likely N-dealkylation sites (tertiary alicyclic amines) is 1. The highest BCUT2D eigenvalue weighted by Crippen LogP contribution is 2.44. The summed E-state index contributed by atoms with van der Waals surface area (Å²) in [5.41, 5.74) is -0.475. The summed E-state index contributed by atoms with van der Waals surface area (Å²) in [6, 6.07) is 9.26. The number of amides is 1. The second-order valence-corrected chi connectivity index (χ2v) is 5.20. The zero-order chi connectivity index (χ0) is 14.3. The molecule has 1 amide bonds. The van der Waals surface area contributed by atoms with Gasteiger partial charge in [-0.25, -0.2) is 9.59 Å². The maximum atomic E-state index is 12.1. The highest BCUT2D eigenvalue weighted by molar-refractivity contribution is 5.86. The van der Waals surface area contributed by atoms with Gasteiger partial charge in [-0.05, 0) is 12.5 Å². The minimum Gasteiger partial charge on any atom is -0.479 e. The molecule has 2 aliphatic heterocycles. The molecule has 2 fully saturated rings. The zero-order valence-corrected chi connectivity index (χ0v) is 11.0. The Morgan fingerprint density at radius 3 is 2.80 bits per heavy atom. The Balaban J connectivity index is 1.67. The molecule has 20 heavy (non-hydrogen) atoms. The first-order chi connectivity index (χ1) is 9.53. The van der Waals surface area contributed by atoms with Crippen LogP contribution in [0.2, 0.25) is 0 Å². The first-order valence-corrected chi connectivity index (χ1v) is 6.40. The van der Waals surface area contributed by atoms with Crippen LogP contribution in [-0.2, 0) is 20.9 Å². The van der Waals surface area contributed by atoms with Gasteiger partial charge in [-0.15, -0.1) is 0 Å². The third kappa shape index (κ3) is 1.92. The van der Waals surface area contributed by atoms with Crippen LogP contribution in [0.1, 0.15) is 12.5 Å². The number of aliphatic carboxylic acids is 1. The number of epoxide rings is 1. The normalized spacial score (nSPS) is 30.8. The predicted octanol–water partition coefficient (Wildman–Crippen LogP) is 1.25. The molecule has 6 heteroatoms. The number of carboxylic acids is 1. The summed E-state index contributed by atoms with van der Waals surface area (Å²) in [6.07, 6.45) is -1.22. The van der Waals surface area contributed by atoms with Crippen molar-refractivity contribution in [1.29, 1.82) is 0 Å². The van der Waals surface area contributed by atoms with Gasteiger partial charge >= 0.3 is 12.1 Å². The molecule has 0 radical (unpaired) electrons. The molecule has 2 saturated heterocycles. The molecule has 0 aromatic heterocycles. The van der Waals surface area contributed by atoms with Crippen molar-refractivity contribution in [3.63, 3.8) is 0 Å². The van der Waals surface area contributed by atoms with E-state index in [4.69, 9.17) is 9.47 Å². The predicted molar refractivity (Wildman–Crippen MR) is 68.0 cm³/mol. The molecule has 6 nitrogen and oxygen atoms in total. The van der Waals surface area contributed by atoms with E-state index in [2.05, 4.69) is 0 Å². The van der Waals surface area contributed by atoms with E-state index in [1.54, 1.807) is 0 Å². The highest BCUT2D eigenvalue weighted by Gasteiger charge is 2.68. The van der Waals surface area contributed by atoms with Crippen LogP contribution in [0, 0.1) is 0 Å². The number of carbonyl (C=O) groups excluding carboxylic acids is 1. The third-order valence-electron chi connectivity index (χ3n) is 3.92. The van der Waals surface area contributed by atoms with Gasteiger partial charge in [0.2, 0.25) is 0 Å². The Morgan fingerprint density at radius 2 is 2.15 bits per heavy atom. The summed E-state index contributed by atoms with van der Waals surface area (Å²) in [5, 5.41) is 9.34. The Morgan fingerprint density at radius 1 is 1.45 bits per heavy atom. The van der Waals surface area contributed by atoms with Crippen molar-refractivity contribution in [2.45, 2.75) is 31.3 Å². The quantitative estimate of drug-likeness (QED) is 0.841. The number of benzene rings is 1. The molecule has 2 heterocycles. The monoisotopic (exact) mass is 277 g/mol. The summed E-state index contributed by atoms with van der Waals surface area (Å²) < 4.78 is 10.4. The number of nitrogens with zero attached hydrogens (tertiary/aromatic N) is 1. The molecule has 2 aliphatic rings. The van der Waals surface area contributed by atoms with Gasteiger partial charge in [-0.1, -0.05) is 30.3 Å². The molecule has 0 aliphatic carbocycles. The fourth-order valence-corrected chi connectivity index (χ4v) is 2.60. The van der Waals surface area contributed by atoms with Crippen LogP contribution < -0.4 is 0 Å². The first-order valence-electron chi connectivity index (χ1n) is 6.40. The minimum absolute atomic E-state index is 0.127. The minimum atomic E-state index is -1.33. The number of hydrogen-bond acceptors (Lipinski definition) is 4. The molecule has 1 N–H and O–H groups in total. The number of ether oxygens (including phenoxy) is 2. The number of carbonyl (C=O) groups is 2. The van der Waals surface area contributed by atoms with Crippen LogP contribution >= 0.6 is 0 Å². The number of fused-ring (bicyclic) bond motifs is 1. The van der Waals surface area contributed by atoms with Crippen molar-refractivity contribution in [2.75, 3.05) is 6.54 Å². The van der Waals surface area contributed by atoms with Crippen molar-refractivity contribution < 1.29 is 24.2 Å². The molecule has 106 valence electrons. The van der Waals surface area contributed by atoms with Gasteiger partial charge in [-0.3, -0.25) is 4.90 Å². The maximum Gasteiger partial charge on any atom is 0.411 e. The highest BCUT2D eigenvalue weighted by atomic mass is 16.6. The number of rotatable bonds is 3. The Kier molecular flexibility index (Phi) is 2.90. The van der Waals surface area contributed by atoms with Crippen LogP contribution in [-0.4, -0.2) is 46.4 Å². The smallest absolute Gasteiger partial charge is 0.411 e. The van der Waals surface area contributed by atoms with E-state index in [0.29, 0.717) is 0 Å². The van der Waals surface area contributed by atoms with E-state index < -0.39 is 23.7 Å². The SMILES string of the molecule is C[C@]1(C(=O)O)[C@H]2O[C@H]2CN1C(=O)OCc1ccccc1. The van der Waals surface area contributed by atoms with Crippen molar-refractivity contribution in [2.24, 2.45) is 0 Å². The standard InChI is InChI=1S/C14H15NO5/c1-14(12(16)17)11-10(20-11)7-15(14)13(18)19-8-9-5-3-2-4-6-9/h2-6,10-11H,7-8H2,1H3,(H,16,17)/t10-,11-,14+/m0/s1. The summed E-state index contributed by atoms with van der Waals surface area (Å²) in [7, 11) is 0. The lowest BCUT2D eigenvalue weighted by atomic mass is 9.99. The Labute approximate surface area is 115 Å². The van der Waals surface area contributed by atoms with Crippen LogP contribution in [0.25, 0.3) is 0 Å². The van der Waals surface area contributed by atoms with Gasteiger partial charge in [-0.2, -0.15) is 0 Å². The molecule has 1 aromatic rings. The lowest BCUT2D eigenvalue weighted by molar-refractivity contribution is -0.150. The van der Waals surface area contributed by atoms with Gasteiger partial charge in [0, 0.05) is 0 Å². The van der Waals surface area contributed by atoms with Crippen molar-refractivity contribution in [3.05, 3.63) is 35.9 Å². The second kappa shape index (κ2) is 4.49. The van der Waals surface area contributed by atoms with Crippen molar-refractivity contribution >= 4 is 12.1 Å². The summed E-state index contributed by atoms with van der Waals surface area (Å²) in [6.45, 7) is 1.89. The number of hydrogen-bond donors (Lipinski definition) is 1. The molecule has 0 spiro atoms. The van der Waals surface area contributed by atoms with Gasteiger partial charge in [0.05, 0.1) is 6.54 Å². The summed E-state index contributed by atoms with van der Waals surface area (Å²) in [4.78, 5) is 24.8. The van der Waals surface area contributed by atoms with E-state index in [1.165, 1.54) is 11.8 Å². The van der Waals surface area contributed by atoms with E-state index in [0.717, 1.165) is 5.56 Å². The van der Waals surface area contributed by atoms with E-state index in [1.807, 2.05) is 30.3 Å². The second-order valence-electron chi connectivity index (χ2n) is 5.20. The van der Waals surface area contributed by atoms with E-state index in [-0.39, 0.29) is 19.3 Å². The molecule has 1 aromatic carbocycles. The average Bonchev–Trinajstić information content (AvgIpc) is 3.16. The Bertz CT molecular complexity index is 546. The van der Waals surface area contributed by atoms with Crippen molar-refractivity contribution in [3.8, 4) is 0 Å². The lowest BCUT2D eigenvalue weighted by Crippen LogP contribution is -2.55. The molecule has 0 saturated carbocycles. The molecular weight excluding hydrogens is 262 g/mol. The van der Waals surface area contributed by atoms with Crippen LogP contribution in [0.5, 0.6) is 0 Å². The van der Waals surface area contributed by atoms with E-state index in [9.17, 15) is 14.7 Å². The fraction of sp³-hybridized carbons (Fsp3) is 0.429. The first kappa shape index (κ1) is 12.9. The average molecular weight is 277 g/mol. The largest absolute Gasteiger partial charge is 0.479 e. The van der Waals surface area contributed by atoms with Gasteiger partial charge in [0.1, 0.15) is 18.8 Å². The van der Waals surface area contributed by atoms with Crippen molar-refractivity contribution in [1.82, 2.24) is 4.90 Å². The topological polar surface area (TPSA) is 79.4 Å². The molecule has 3 atom stereocenters. The zero-order valence-electron chi connectivity index (χ0n) is 11.0. The van der Waals surface area contributed by atoms with Gasteiger partial charge < -0.3 is 14.6 Å². The van der Waals surface area contributed by atoms with E-state index >= 15 is 0 Å². The molecular formula is C14H15NO5. The van der Waals surface area contributed by atoms with Crippen LogP contribution in [0.4, 0.5) is 4.79 Å². The third-order valence-corrected chi connectivity index (χ3v) is 3.92. The molecule has 0 bridgehead atoms. The fourth-order valence-electron chi connectivity index (χ4n) is 2.60. The summed E-state index contributed by atoms with van der Waals surface area (Å²) in [5.74, 6) is -1.07. The van der Waals surface area contributed by atoms with Gasteiger partial charge in [0.15, 0.2) is 5.54 Å². The summed E-state index contributed by atoms with van der Waals surface area (Å²) >= 11 is 0. The lowest BCUT2D eigenvalue weighted by Gasteiger charge is -2.31. The molecule has 0 unspecified atom stereocenters. The van der Waals surface area contributed by atoms with Crippen LogP contribution in [0.15, 0.2) is 30.3 Å². The number of morpholine rings is 1. The molecule has 3 rings (SSSR count). The number of carboxylic acid groups (broad SMARTS) is 1.